The number of rotatable bonds is 2. The summed E-state index contributed by atoms with van der Waals surface area (Å²) in [5, 5.41) is 9.91. The lowest BCUT2D eigenvalue weighted by molar-refractivity contribution is 0.108. The normalized spacial score (nSPS) is 22.9. The lowest BCUT2D eigenvalue weighted by Crippen LogP contribution is -2.41. The molecule has 1 N–H and O–H groups in total. The van der Waals surface area contributed by atoms with E-state index in [1.54, 1.807) is 0 Å². The zero-order valence-corrected chi connectivity index (χ0v) is 12.7. The monoisotopic (exact) mass is 359 g/mol. The van der Waals surface area contributed by atoms with Gasteiger partial charge in [-0.15, -0.1) is 11.3 Å². The zero-order chi connectivity index (χ0) is 12.6. The highest BCUT2D eigenvalue weighted by Crippen LogP contribution is 2.36. The molecule has 17 heavy (non-hydrogen) atoms. The molecular formula is C9H11BrClNO3S2. The van der Waals surface area contributed by atoms with Crippen molar-refractivity contribution < 1.29 is 13.5 Å². The molecule has 1 aliphatic rings. The van der Waals surface area contributed by atoms with E-state index in [1.165, 1.54) is 10.4 Å². The molecule has 0 aliphatic carbocycles. The van der Waals surface area contributed by atoms with Gasteiger partial charge in [0.05, 0.1) is 14.9 Å². The summed E-state index contributed by atoms with van der Waals surface area (Å²) in [5.41, 5.74) is 0. The molecule has 1 saturated heterocycles. The average Bonchev–Trinajstić information content (AvgIpc) is 2.60. The molecule has 1 aromatic rings. The van der Waals surface area contributed by atoms with Crippen LogP contribution in [0, 0.1) is 0 Å². The predicted molar refractivity (Wildman–Crippen MR) is 71.0 cm³/mol. The fourth-order valence-electron chi connectivity index (χ4n) is 1.72. The fourth-order valence-corrected chi connectivity index (χ4v) is 5.79. The summed E-state index contributed by atoms with van der Waals surface area (Å²) in [6.45, 7) is 0.613. The predicted octanol–water partition coefficient (Wildman–Crippen LogP) is 2.31. The van der Waals surface area contributed by atoms with Crippen molar-refractivity contribution >= 4 is 48.9 Å². The summed E-state index contributed by atoms with van der Waals surface area (Å²) in [6, 6.07) is 1.44. The molecule has 1 aromatic heterocycles. The molecule has 96 valence electrons. The van der Waals surface area contributed by atoms with Crippen LogP contribution >= 0.6 is 38.9 Å². The maximum absolute atomic E-state index is 12.2. The molecule has 0 unspecified atom stereocenters. The number of halogens is 2. The minimum atomic E-state index is -3.52. The van der Waals surface area contributed by atoms with Crippen molar-refractivity contribution in [3.05, 3.63) is 14.9 Å². The molecule has 0 radical (unpaired) electrons. The summed E-state index contributed by atoms with van der Waals surface area (Å²) in [5.74, 6) is 0. The molecule has 1 atom stereocenters. The smallest absolute Gasteiger partial charge is 0.252 e. The van der Waals surface area contributed by atoms with Crippen molar-refractivity contribution in [2.45, 2.75) is 23.2 Å². The van der Waals surface area contributed by atoms with E-state index in [0.29, 0.717) is 28.2 Å². The van der Waals surface area contributed by atoms with Crippen molar-refractivity contribution in [2.75, 3.05) is 13.1 Å². The van der Waals surface area contributed by atoms with Gasteiger partial charge in [-0.2, -0.15) is 4.31 Å². The Morgan fingerprint density at radius 1 is 1.59 bits per heavy atom. The van der Waals surface area contributed by atoms with Crippen molar-refractivity contribution in [3.63, 3.8) is 0 Å². The van der Waals surface area contributed by atoms with Gasteiger partial charge in [-0.3, -0.25) is 0 Å². The second kappa shape index (κ2) is 5.14. The zero-order valence-electron chi connectivity index (χ0n) is 8.77. The van der Waals surface area contributed by atoms with Gasteiger partial charge < -0.3 is 5.11 Å². The number of aliphatic hydroxyl groups is 1. The van der Waals surface area contributed by atoms with Crippen LogP contribution < -0.4 is 0 Å². The van der Waals surface area contributed by atoms with Crippen molar-refractivity contribution in [2.24, 2.45) is 0 Å². The van der Waals surface area contributed by atoms with Gasteiger partial charge in [-0.1, -0.05) is 11.6 Å². The molecule has 1 aliphatic heterocycles. The first-order valence-electron chi connectivity index (χ1n) is 5.04. The van der Waals surface area contributed by atoms with E-state index in [1.807, 2.05) is 0 Å². The minimum absolute atomic E-state index is 0.162. The lowest BCUT2D eigenvalue weighted by atomic mass is 10.1. The molecule has 0 spiro atoms. The highest BCUT2D eigenvalue weighted by Gasteiger charge is 2.31. The van der Waals surface area contributed by atoms with Crippen LogP contribution in [0.2, 0.25) is 5.02 Å². The van der Waals surface area contributed by atoms with Gasteiger partial charge in [0, 0.05) is 13.1 Å². The van der Waals surface area contributed by atoms with Gasteiger partial charge in [-0.05, 0) is 34.8 Å². The average molecular weight is 361 g/mol. The summed E-state index contributed by atoms with van der Waals surface area (Å²) in [4.78, 5) is 0. The van der Waals surface area contributed by atoms with E-state index >= 15 is 0 Å². The summed E-state index contributed by atoms with van der Waals surface area (Å²) in [7, 11) is -3.52. The van der Waals surface area contributed by atoms with Gasteiger partial charge in [-0.25, -0.2) is 8.42 Å². The first kappa shape index (κ1) is 13.8. The molecule has 0 amide bonds. The molecular weight excluding hydrogens is 350 g/mol. The summed E-state index contributed by atoms with van der Waals surface area (Å²) in [6.07, 6.45) is 0.763. The van der Waals surface area contributed by atoms with Crippen LogP contribution in [0.5, 0.6) is 0 Å². The van der Waals surface area contributed by atoms with Crippen molar-refractivity contribution in [1.82, 2.24) is 4.31 Å². The summed E-state index contributed by atoms with van der Waals surface area (Å²) < 4.78 is 26.6. The fraction of sp³-hybridized carbons (Fsp3) is 0.556. The third-order valence-electron chi connectivity index (χ3n) is 2.58. The van der Waals surface area contributed by atoms with Gasteiger partial charge >= 0.3 is 0 Å². The van der Waals surface area contributed by atoms with Gasteiger partial charge in [0.15, 0.2) is 0 Å². The number of nitrogens with zero attached hydrogens (tertiary/aromatic N) is 1. The Bertz CT molecular complexity index is 497. The number of hydrogen-bond donors (Lipinski definition) is 1. The molecule has 4 nitrogen and oxygen atoms in total. The third-order valence-corrected chi connectivity index (χ3v) is 7.36. The first-order valence-corrected chi connectivity index (χ1v) is 8.47. The highest BCUT2D eigenvalue weighted by atomic mass is 79.9. The maximum atomic E-state index is 12.2. The third kappa shape index (κ3) is 2.85. The van der Waals surface area contributed by atoms with Gasteiger partial charge in [0.25, 0.3) is 10.0 Å². The molecule has 1 fully saturated rings. The van der Waals surface area contributed by atoms with E-state index in [2.05, 4.69) is 15.9 Å². The second-order valence-corrected chi connectivity index (χ2v) is 8.79. The number of hydrogen-bond acceptors (Lipinski definition) is 4. The number of thiophene rings is 1. The van der Waals surface area contributed by atoms with Crippen molar-refractivity contribution in [1.29, 1.82) is 0 Å². The molecule has 0 bridgehead atoms. The van der Waals surface area contributed by atoms with Crippen LogP contribution in [0.4, 0.5) is 0 Å². The second-order valence-electron chi connectivity index (χ2n) is 3.85. The number of piperidine rings is 1. The van der Waals surface area contributed by atoms with Crippen LogP contribution in [-0.2, 0) is 10.0 Å². The largest absolute Gasteiger partial charge is 0.392 e. The molecule has 0 saturated carbocycles. The first-order chi connectivity index (χ1) is 7.91. The van der Waals surface area contributed by atoms with Crippen LogP contribution in [0.3, 0.4) is 0 Å². The Kier molecular flexibility index (Phi) is 4.16. The Balaban J connectivity index is 2.29. The van der Waals surface area contributed by atoms with Crippen LogP contribution in [0.25, 0.3) is 0 Å². The highest BCUT2D eigenvalue weighted by molar-refractivity contribution is 9.11. The van der Waals surface area contributed by atoms with Crippen LogP contribution in [-0.4, -0.2) is 37.0 Å². The lowest BCUT2D eigenvalue weighted by Gasteiger charge is -2.28. The quantitative estimate of drug-likeness (QED) is 0.880. The summed E-state index contributed by atoms with van der Waals surface area (Å²) >= 11 is 10.1. The van der Waals surface area contributed by atoms with E-state index < -0.39 is 16.1 Å². The maximum Gasteiger partial charge on any atom is 0.252 e. The molecule has 2 heterocycles. The number of β-amino-alcohol motifs (C(OH)–C–C–N with tert-alkyl or cyclic N) is 1. The van der Waals surface area contributed by atoms with Crippen LogP contribution in [0.1, 0.15) is 12.8 Å². The molecule has 0 aromatic carbocycles. The van der Waals surface area contributed by atoms with E-state index in [0.717, 1.165) is 11.3 Å². The van der Waals surface area contributed by atoms with E-state index in [4.69, 9.17) is 11.6 Å². The van der Waals surface area contributed by atoms with E-state index in [9.17, 15) is 13.5 Å². The van der Waals surface area contributed by atoms with Gasteiger partial charge in [0.2, 0.25) is 0 Å². The number of aliphatic hydroxyl groups excluding tert-OH is 1. The molecule has 8 heteroatoms. The molecule has 2 rings (SSSR count). The van der Waals surface area contributed by atoms with Gasteiger partial charge in [0.1, 0.15) is 4.21 Å². The van der Waals surface area contributed by atoms with Crippen LogP contribution in [0.15, 0.2) is 14.1 Å². The standard InChI is InChI=1S/C9H11BrClNO3S2/c10-9-7(11)4-8(16-9)17(14,15)12-3-1-2-6(13)5-12/h4,6,13H,1-3,5H2/t6-/m0/s1. The number of sulfonamides is 1. The Hall–Kier alpha value is 0.340. The Morgan fingerprint density at radius 2 is 2.29 bits per heavy atom. The topological polar surface area (TPSA) is 57.6 Å². The Labute approximate surface area is 117 Å². The minimum Gasteiger partial charge on any atom is -0.392 e. The Morgan fingerprint density at radius 3 is 2.82 bits per heavy atom. The van der Waals surface area contributed by atoms with Crippen molar-refractivity contribution in [3.8, 4) is 0 Å². The SMILES string of the molecule is O=S(=O)(c1cc(Cl)c(Br)s1)N1CCC[C@H](O)C1. The van der Waals surface area contributed by atoms with E-state index in [-0.39, 0.29) is 10.8 Å².